The summed E-state index contributed by atoms with van der Waals surface area (Å²) >= 11 is 0. The van der Waals surface area contributed by atoms with E-state index < -0.39 is 10.7 Å². The van der Waals surface area contributed by atoms with Gasteiger partial charge in [0.25, 0.3) is 5.69 Å². The lowest BCUT2D eigenvalue weighted by atomic mass is 9.81. The summed E-state index contributed by atoms with van der Waals surface area (Å²) in [5.74, 6) is -0.592. The Bertz CT molecular complexity index is 473. The predicted molar refractivity (Wildman–Crippen MR) is 71.8 cm³/mol. The van der Waals surface area contributed by atoms with Crippen molar-refractivity contribution in [2.75, 3.05) is 25.0 Å². The third kappa shape index (κ3) is 3.41. The van der Waals surface area contributed by atoms with Crippen molar-refractivity contribution in [1.29, 1.82) is 0 Å². The zero-order chi connectivity index (χ0) is 13.9. The zero-order valence-electron chi connectivity index (χ0n) is 10.9. The van der Waals surface area contributed by atoms with Gasteiger partial charge in [-0.1, -0.05) is 6.92 Å². The number of anilines is 1. The fourth-order valence-corrected chi connectivity index (χ4v) is 2.32. The topological polar surface area (TPSA) is 67.2 Å². The second-order valence-electron chi connectivity index (χ2n) is 5.33. The minimum atomic E-state index is -0.592. The summed E-state index contributed by atoms with van der Waals surface area (Å²) in [5, 5.41) is 17.3. The summed E-state index contributed by atoms with van der Waals surface area (Å²) in [6, 6.07) is 3.62. The Morgan fingerprint density at radius 3 is 2.79 bits per heavy atom. The van der Waals surface area contributed by atoms with Gasteiger partial charge in [0.05, 0.1) is 11.0 Å². The van der Waals surface area contributed by atoms with Gasteiger partial charge in [-0.05, 0) is 43.5 Å². The van der Waals surface area contributed by atoms with E-state index >= 15 is 0 Å². The number of hydrogen-bond acceptors (Lipinski definition) is 4. The minimum absolute atomic E-state index is 0.119. The molecule has 1 aliphatic heterocycles. The molecule has 104 valence electrons. The monoisotopic (exact) mass is 267 g/mol. The highest BCUT2D eigenvalue weighted by Crippen LogP contribution is 2.31. The molecule has 1 fully saturated rings. The SMILES string of the molecule is CC1(CNc2ccc(F)cc2[N+](=O)[O-])CCNCC1. The molecule has 1 saturated heterocycles. The number of benzene rings is 1. The molecule has 0 bridgehead atoms. The first-order valence-electron chi connectivity index (χ1n) is 6.39. The zero-order valence-corrected chi connectivity index (χ0v) is 10.9. The van der Waals surface area contributed by atoms with E-state index in [0.29, 0.717) is 12.2 Å². The minimum Gasteiger partial charge on any atom is -0.379 e. The fourth-order valence-electron chi connectivity index (χ4n) is 2.32. The highest BCUT2D eigenvalue weighted by Gasteiger charge is 2.27. The third-order valence-corrected chi connectivity index (χ3v) is 3.67. The summed E-state index contributed by atoms with van der Waals surface area (Å²) in [6.45, 7) is 4.74. The van der Waals surface area contributed by atoms with Gasteiger partial charge in [-0.15, -0.1) is 0 Å². The molecular weight excluding hydrogens is 249 g/mol. The maximum Gasteiger partial charge on any atom is 0.295 e. The quantitative estimate of drug-likeness (QED) is 0.650. The Labute approximate surface area is 111 Å². The molecule has 0 spiro atoms. The molecule has 0 aromatic heterocycles. The summed E-state index contributed by atoms with van der Waals surface area (Å²) in [7, 11) is 0. The van der Waals surface area contributed by atoms with Gasteiger partial charge in [-0.3, -0.25) is 10.1 Å². The number of nitro benzene ring substituents is 1. The highest BCUT2D eigenvalue weighted by atomic mass is 19.1. The van der Waals surface area contributed by atoms with Crippen LogP contribution in [0.1, 0.15) is 19.8 Å². The molecule has 5 nitrogen and oxygen atoms in total. The largest absolute Gasteiger partial charge is 0.379 e. The molecule has 2 rings (SSSR count). The lowest BCUT2D eigenvalue weighted by Crippen LogP contribution is -2.39. The van der Waals surface area contributed by atoms with Crippen molar-refractivity contribution < 1.29 is 9.31 Å². The number of nitro groups is 1. The summed E-state index contributed by atoms with van der Waals surface area (Å²) in [4.78, 5) is 10.3. The van der Waals surface area contributed by atoms with Crippen LogP contribution in [0.2, 0.25) is 0 Å². The number of nitrogens with one attached hydrogen (secondary N) is 2. The van der Waals surface area contributed by atoms with Crippen LogP contribution in [0.4, 0.5) is 15.8 Å². The van der Waals surface area contributed by atoms with E-state index in [2.05, 4.69) is 17.6 Å². The smallest absolute Gasteiger partial charge is 0.295 e. The Hall–Kier alpha value is -1.69. The maximum atomic E-state index is 13.0. The lowest BCUT2D eigenvalue weighted by molar-refractivity contribution is -0.384. The van der Waals surface area contributed by atoms with E-state index in [0.717, 1.165) is 32.0 Å². The third-order valence-electron chi connectivity index (χ3n) is 3.67. The first kappa shape index (κ1) is 13.7. The lowest BCUT2D eigenvalue weighted by Gasteiger charge is -2.34. The molecule has 1 aromatic rings. The molecule has 19 heavy (non-hydrogen) atoms. The van der Waals surface area contributed by atoms with Crippen LogP contribution in [0.3, 0.4) is 0 Å². The van der Waals surface area contributed by atoms with Crippen LogP contribution >= 0.6 is 0 Å². The summed E-state index contributed by atoms with van der Waals surface area (Å²) in [5.41, 5.74) is 0.289. The maximum absolute atomic E-state index is 13.0. The Balaban J connectivity index is 2.08. The van der Waals surface area contributed by atoms with Crippen LogP contribution < -0.4 is 10.6 Å². The number of halogens is 1. The standard InChI is InChI=1S/C13H18FN3O2/c1-13(4-6-15-7-5-13)9-16-11-3-2-10(14)8-12(11)17(18)19/h2-3,8,15-16H,4-7,9H2,1H3. The first-order chi connectivity index (χ1) is 9.00. The van der Waals surface area contributed by atoms with Crippen LogP contribution in [0.15, 0.2) is 18.2 Å². The summed E-state index contributed by atoms with van der Waals surface area (Å²) in [6.07, 6.45) is 2.05. The van der Waals surface area contributed by atoms with Gasteiger partial charge < -0.3 is 10.6 Å². The first-order valence-corrected chi connectivity index (χ1v) is 6.39. The Kier molecular flexibility index (Phi) is 3.99. The second-order valence-corrected chi connectivity index (χ2v) is 5.33. The van der Waals surface area contributed by atoms with E-state index in [1.54, 1.807) is 0 Å². The van der Waals surface area contributed by atoms with E-state index in [1.165, 1.54) is 12.1 Å². The van der Waals surface area contributed by atoms with Gasteiger partial charge in [-0.2, -0.15) is 0 Å². The average Bonchev–Trinajstić information content (AvgIpc) is 2.38. The van der Waals surface area contributed by atoms with Gasteiger partial charge >= 0.3 is 0 Å². The highest BCUT2D eigenvalue weighted by molar-refractivity contribution is 5.61. The molecule has 1 heterocycles. The molecule has 0 saturated carbocycles. The van der Waals surface area contributed by atoms with Gasteiger partial charge in [0, 0.05) is 6.54 Å². The number of hydrogen-bond donors (Lipinski definition) is 2. The van der Waals surface area contributed by atoms with E-state index in [-0.39, 0.29) is 11.1 Å². The summed E-state index contributed by atoms with van der Waals surface area (Å²) < 4.78 is 13.0. The molecule has 0 atom stereocenters. The molecule has 0 unspecified atom stereocenters. The van der Waals surface area contributed by atoms with Crippen molar-refractivity contribution in [1.82, 2.24) is 5.32 Å². The van der Waals surface area contributed by atoms with Crippen LogP contribution in [-0.2, 0) is 0 Å². The van der Waals surface area contributed by atoms with Gasteiger partial charge in [0.2, 0.25) is 0 Å². The van der Waals surface area contributed by atoms with Crippen LogP contribution in [0, 0.1) is 21.3 Å². The van der Waals surface area contributed by atoms with Gasteiger partial charge in [0.15, 0.2) is 0 Å². The van der Waals surface area contributed by atoms with Crippen molar-refractivity contribution in [3.05, 3.63) is 34.1 Å². The normalized spacial score (nSPS) is 18.0. The van der Waals surface area contributed by atoms with E-state index in [1.807, 2.05) is 0 Å². The molecule has 0 aliphatic carbocycles. The second kappa shape index (κ2) is 5.52. The van der Waals surface area contributed by atoms with Gasteiger partial charge in [-0.25, -0.2) is 4.39 Å². The van der Waals surface area contributed by atoms with Crippen molar-refractivity contribution in [2.24, 2.45) is 5.41 Å². The van der Waals surface area contributed by atoms with E-state index in [4.69, 9.17) is 0 Å². The van der Waals surface area contributed by atoms with Crippen molar-refractivity contribution in [2.45, 2.75) is 19.8 Å². The Morgan fingerprint density at radius 2 is 2.16 bits per heavy atom. The molecule has 2 N–H and O–H groups in total. The van der Waals surface area contributed by atoms with Crippen LogP contribution in [0.25, 0.3) is 0 Å². The van der Waals surface area contributed by atoms with E-state index in [9.17, 15) is 14.5 Å². The molecule has 6 heteroatoms. The number of rotatable bonds is 4. The predicted octanol–water partition coefficient (Wildman–Crippen LogP) is 2.54. The molecular formula is C13H18FN3O2. The van der Waals surface area contributed by atoms with Crippen LogP contribution in [-0.4, -0.2) is 24.6 Å². The molecule has 1 aliphatic rings. The van der Waals surface area contributed by atoms with Crippen LogP contribution in [0.5, 0.6) is 0 Å². The van der Waals surface area contributed by atoms with Crippen molar-refractivity contribution >= 4 is 11.4 Å². The fraction of sp³-hybridized carbons (Fsp3) is 0.538. The van der Waals surface area contributed by atoms with Gasteiger partial charge in [0.1, 0.15) is 11.5 Å². The average molecular weight is 267 g/mol. The number of nitrogens with zero attached hydrogens (tertiary/aromatic N) is 1. The molecule has 0 amide bonds. The molecule has 0 radical (unpaired) electrons. The van der Waals surface area contributed by atoms with Crippen molar-refractivity contribution in [3.63, 3.8) is 0 Å². The molecule has 1 aromatic carbocycles. The Morgan fingerprint density at radius 1 is 1.47 bits per heavy atom. The van der Waals surface area contributed by atoms with Crippen molar-refractivity contribution in [3.8, 4) is 0 Å². The number of piperidine rings is 1.